The second kappa shape index (κ2) is 9.16. The van der Waals surface area contributed by atoms with Crippen molar-refractivity contribution in [2.45, 2.75) is 46.4 Å². The zero-order chi connectivity index (χ0) is 25.3. The van der Waals surface area contributed by atoms with Crippen LogP contribution in [0.5, 0.6) is 0 Å². The minimum atomic E-state index is -4.65. The molecular weight excluding hydrogens is 451 g/mol. The molecule has 3 rings (SSSR count). The summed E-state index contributed by atoms with van der Waals surface area (Å²) >= 11 is 0. The van der Waals surface area contributed by atoms with E-state index in [0.29, 0.717) is 5.82 Å². The molecule has 2 aromatic heterocycles. The molecule has 180 valence electrons. The predicted octanol–water partition coefficient (Wildman–Crippen LogP) is 5.50. The maximum Gasteiger partial charge on any atom is 0.416 e. The number of benzene rings is 1. The van der Waals surface area contributed by atoms with Crippen LogP contribution >= 0.6 is 0 Å². The van der Waals surface area contributed by atoms with Crippen LogP contribution in [0.3, 0.4) is 0 Å². The highest BCUT2D eigenvalue weighted by atomic mass is 19.4. The van der Waals surface area contributed by atoms with Crippen molar-refractivity contribution < 1.29 is 27.5 Å². The molecule has 0 unspecified atom stereocenters. The molecule has 3 aromatic rings. The van der Waals surface area contributed by atoms with E-state index in [4.69, 9.17) is 4.74 Å². The SMILES string of the molecule is Cc1cc(C)n(-c2ccc(C(=O)Nc3cc(C(F)(F)F)ccc3NC(=O)OC(C)(C)C)cn2)n1. The summed E-state index contributed by atoms with van der Waals surface area (Å²) in [6.45, 7) is 8.62. The number of hydrogen-bond donors (Lipinski definition) is 2. The smallest absolute Gasteiger partial charge is 0.416 e. The standard InChI is InChI=1S/C23H24F3N5O3/c1-13-10-14(2)31(30-13)19-9-6-15(12-27-19)20(32)28-18-11-16(23(24,25)26)7-8-17(18)29-21(33)34-22(3,4)5/h6-12H,1-5H3,(H,28,32)(H,29,33). The highest BCUT2D eigenvalue weighted by molar-refractivity contribution is 6.06. The van der Waals surface area contributed by atoms with E-state index in [1.807, 2.05) is 19.9 Å². The van der Waals surface area contributed by atoms with Gasteiger partial charge in [-0.2, -0.15) is 18.3 Å². The van der Waals surface area contributed by atoms with Crippen LogP contribution in [0.1, 0.15) is 48.1 Å². The van der Waals surface area contributed by atoms with Gasteiger partial charge in [-0.3, -0.25) is 10.1 Å². The van der Waals surface area contributed by atoms with Crippen molar-refractivity contribution in [3.63, 3.8) is 0 Å². The summed E-state index contributed by atoms with van der Waals surface area (Å²) in [5.41, 5.74) is -0.351. The second-order valence-corrected chi connectivity index (χ2v) is 8.58. The molecule has 0 aliphatic heterocycles. The molecule has 2 N–H and O–H groups in total. The Kier molecular flexibility index (Phi) is 6.67. The normalized spacial score (nSPS) is 11.8. The summed E-state index contributed by atoms with van der Waals surface area (Å²) in [6.07, 6.45) is -4.23. The van der Waals surface area contributed by atoms with Crippen molar-refractivity contribution in [1.82, 2.24) is 14.8 Å². The average Bonchev–Trinajstić information content (AvgIpc) is 3.05. The number of hydrogen-bond acceptors (Lipinski definition) is 5. The number of rotatable bonds is 4. The van der Waals surface area contributed by atoms with Crippen LogP contribution in [-0.4, -0.2) is 32.4 Å². The summed E-state index contributed by atoms with van der Waals surface area (Å²) in [4.78, 5) is 29.1. The van der Waals surface area contributed by atoms with Gasteiger partial charge < -0.3 is 10.1 Å². The van der Waals surface area contributed by atoms with E-state index in [1.54, 1.807) is 31.5 Å². The van der Waals surface area contributed by atoms with E-state index in [-0.39, 0.29) is 16.9 Å². The molecule has 2 heterocycles. The molecule has 0 aliphatic carbocycles. The summed E-state index contributed by atoms with van der Waals surface area (Å²) in [5, 5.41) is 9.10. The summed E-state index contributed by atoms with van der Waals surface area (Å²) in [7, 11) is 0. The maximum atomic E-state index is 13.2. The van der Waals surface area contributed by atoms with E-state index < -0.39 is 29.3 Å². The fraction of sp³-hybridized carbons (Fsp3) is 0.304. The van der Waals surface area contributed by atoms with Crippen LogP contribution in [0.25, 0.3) is 5.82 Å². The Labute approximate surface area is 194 Å². The molecule has 2 amide bonds. The molecule has 34 heavy (non-hydrogen) atoms. The first-order valence-electron chi connectivity index (χ1n) is 10.3. The van der Waals surface area contributed by atoms with Crippen molar-refractivity contribution in [2.75, 3.05) is 10.6 Å². The molecule has 11 heteroatoms. The minimum absolute atomic E-state index is 0.0529. The third-order valence-electron chi connectivity index (χ3n) is 4.47. The lowest BCUT2D eigenvalue weighted by atomic mass is 10.1. The number of carbonyl (C=O) groups is 2. The van der Waals surface area contributed by atoms with Crippen molar-refractivity contribution >= 4 is 23.4 Å². The van der Waals surface area contributed by atoms with Crippen molar-refractivity contribution in [2.24, 2.45) is 0 Å². The van der Waals surface area contributed by atoms with Gasteiger partial charge in [-0.05, 0) is 71.0 Å². The predicted molar refractivity (Wildman–Crippen MR) is 120 cm³/mol. The van der Waals surface area contributed by atoms with Gasteiger partial charge in [0.2, 0.25) is 0 Å². The van der Waals surface area contributed by atoms with Crippen LogP contribution < -0.4 is 10.6 Å². The zero-order valence-electron chi connectivity index (χ0n) is 19.2. The Morgan fingerprint density at radius 3 is 2.21 bits per heavy atom. The van der Waals surface area contributed by atoms with Gasteiger partial charge in [-0.1, -0.05) is 0 Å². The first kappa shape index (κ1) is 24.7. The number of ether oxygens (including phenoxy) is 1. The monoisotopic (exact) mass is 475 g/mol. The lowest BCUT2D eigenvalue weighted by Gasteiger charge is -2.21. The third kappa shape index (κ3) is 6.12. The Hall–Kier alpha value is -3.89. The number of anilines is 2. The van der Waals surface area contributed by atoms with Gasteiger partial charge in [0.25, 0.3) is 5.91 Å². The van der Waals surface area contributed by atoms with Crippen LogP contribution in [-0.2, 0) is 10.9 Å². The molecule has 0 saturated carbocycles. The van der Waals surface area contributed by atoms with Crippen molar-refractivity contribution in [3.8, 4) is 5.82 Å². The Balaban J connectivity index is 1.86. The van der Waals surface area contributed by atoms with Crippen LogP contribution in [0.4, 0.5) is 29.3 Å². The van der Waals surface area contributed by atoms with Gasteiger partial charge in [-0.25, -0.2) is 14.5 Å². The van der Waals surface area contributed by atoms with Crippen LogP contribution in [0.15, 0.2) is 42.6 Å². The van der Waals surface area contributed by atoms with E-state index in [9.17, 15) is 22.8 Å². The van der Waals surface area contributed by atoms with Crippen LogP contribution in [0, 0.1) is 13.8 Å². The van der Waals surface area contributed by atoms with Gasteiger partial charge in [0.15, 0.2) is 5.82 Å². The number of nitrogens with one attached hydrogen (secondary N) is 2. The maximum absolute atomic E-state index is 13.2. The molecule has 8 nitrogen and oxygen atoms in total. The molecule has 0 spiro atoms. The van der Waals surface area contributed by atoms with Crippen molar-refractivity contribution in [1.29, 1.82) is 0 Å². The summed E-state index contributed by atoms with van der Waals surface area (Å²) in [6, 6.07) is 7.50. The van der Waals surface area contributed by atoms with Gasteiger partial charge in [0.05, 0.1) is 28.2 Å². The molecule has 0 fully saturated rings. The fourth-order valence-corrected chi connectivity index (χ4v) is 3.05. The van der Waals surface area contributed by atoms with Crippen LogP contribution in [0.2, 0.25) is 0 Å². The fourth-order valence-electron chi connectivity index (χ4n) is 3.05. The highest BCUT2D eigenvalue weighted by Crippen LogP contribution is 2.34. The lowest BCUT2D eigenvalue weighted by molar-refractivity contribution is -0.137. The van der Waals surface area contributed by atoms with Gasteiger partial charge >= 0.3 is 12.3 Å². The number of amides is 2. The van der Waals surface area contributed by atoms with Gasteiger partial charge in [-0.15, -0.1) is 0 Å². The number of halogens is 3. The summed E-state index contributed by atoms with van der Waals surface area (Å²) in [5.74, 6) is -0.229. The number of carbonyl (C=O) groups excluding carboxylic acids is 2. The van der Waals surface area contributed by atoms with Gasteiger partial charge in [0, 0.05) is 11.9 Å². The Morgan fingerprint density at radius 2 is 1.68 bits per heavy atom. The lowest BCUT2D eigenvalue weighted by Crippen LogP contribution is -2.27. The molecule has 1 aromatic carbocycles. The molecule has 0 radical (unpaired) electrons. The first-order chi connectivity index (χ1) is 15.7. The summed E-state index contributed by atoms with van der Waals surface area (Å²) < 4.78 is 46.5. The van der Waals surface area contributed by atoms with E-state index in [0.717, 1.165) is 29.6 Å². The second-order valence-electron chi connectivity index (χ2n) is 8.58. The first-order valence-corrected chi connectivity index (χ1v) is 10.3. The largest absolute Gasteiger partial charge is 0.444 e. The van der Waals surface area contributed by atoms with E-state index in [1.165, 1.54) is 12.3 Å². The molecule has 0 atom stereocenters. The molecule has 0 aliphatic rings. The molecule has 0 bridgehead atoms. The van der Waals surface area contributed by atoms with Crippen molar-refractivity contribution in [3.05, 3.63) is 65.1 Å². The van der Waals surface area contributed by atoms with E-state index >= 15 is 0 Å². The van der Waals surface area contributed by atoms with Gasteiger partial charge in [0.1, 0.15) is 5.60 Å². The number of pyridine rings is 1. The zero-order valence-corrected chi connectivity index (χ0v) is 19.2. The Morgan fingerprint density at radius 1 is 0.971 bits per heavy atom. The number of alkyl halides is 3. The Bertz CT molecular complexity index is 1210. The topological polar surface area (TPSA) is 98.1 Å². The number of aromatic nitrogens is 3. The van der Waals surface area contributed by atoms with E-state index in [2.05, 4.69) is 20.7 Å². The minimum Gasteiger partial charge on any atom is -0.444 e. The molecular formula is C23H24F3N5O3. The quantitative estimate of drug-likeness (QED) is 0.519. The number of aryl methyl sites for hydroxylation is 2. The number of nitrogens with zero attached hydrogens (tertiary/aromatic N) is 3. The highest BCUT2D eigenvalue weighted by Gasteiger charge is 2.31. The third-order valence-corrected chi connectivity index (χ3v) is 4.47. The molecule has 0 saturated heterocycles. The average molecular weight is 475 g/mol.